The molecule has 210 valence electrons. The average molecular weight is 609 g/mol. The van der Waals surface area contributed by atoms with Crippen LogP contribution in [0.5, 0.6) is 0 Å². The van der Waals surface area contributed by atoms with Gasteiger partial charge in [-0.3, -0.25) is 0 Å². The van der Waals surface area contributed by atoms with Gasteiger partial charge in [0, 0.05) is 23.5 Å². The van der Waals surface area contributed by atoms with Gasteiger partial charge in [-0.1, -0.05) is 72.8 Å². The van der Waals surface area contributed by atoms with Crippen LogP contribution < -0.4 is 0 Å². The van der Waals surface area contributed by atoms with E-state index in [2.05, 4.69) is 9.97 Å². The summed E-state index contributed by atoms with van der Waals surface area (Å²) in [5.41, 5.74) is 3.79. The van der Waals surface area contributed by atoms with Gasteiger partial charge in [0.2, 0.25) is 0 Å². The molecule has 2 heterocycles. The van der Waals surface area contributed by atoms with Gasteiger partial charge in [0.1, 0.15) is 10.0 Å². The van der Waals surface area contributed by atoms with Crippen molar-refractivity contribution in [1.82, 2.24) is 9.97 Å². The van der Waals surface area contributed by atoms with Gasteiger partial charge in [-0.25, -0.2) is 9.97 Å². The largest absolute Gasteiger partial charge is 0.416 e. The third-order valence-corrected chi connectivity index (χ3v) is 8.79. The molecule has 0 aliphatic carbocycles. The molecule has 0 fully saturated rings. The van der Waals surface area contributed by atoms with Gasteiger partial charge in [-0.2, -0.15) is 26.3 Å². The first-order chi connectivity index (χ1) is 20.0. The van der Waals surface area contributed by atoms with Crippen LogP contribution in [0.1, 0.15) is 11.1 Å². The molecular weight excluding hydrogens is 590 g/mol. The van der Waals surface area contributed by atoms with E-state index in [1.54, 1.807) is 12.4 Å². The molecule has 6 rings (SSSR count). The molecule has 42 heavy (non-hydrogen) atoms. The third-order valence-electron chi connectivity index (χ3n) is 6.60. The van der Waals surface area contributed by atoms with Crippen LogP contribution in [-0.2, 0) is 12.4 Å². The molecule has 0 saturated carbocycles. The minimum absolute atomic E-state index is 0.628. The zero-order valence-corrected chi connectivity index (χ0v) is 23.0. The van der Waals surface area contributed by atoms with E-state index in [0.29, 0.717) is 21.1 Å². The van der Waals surface area contributed by atoms with Crippen LogP contribution in [0.2, 0.25) is 0 Å². The fourth-order valence-corrected chi connectivity index (χ4v) is 6.19. The van der Waals surface area contributed by atoms with Crippen molar-refractivity contribution in [1.29, 1.82) is 0 Å². The Morgan fingerprint density at radius 1 is 0.381 bits per heavy atom. The molecule has 0 bridgehead atoms. The summed E-state index contributed by atoms with van der Waals surface area (Å²) in [6, 6.07) is 25.9. The van der Waals surface area contributed by atoms with Crippen LogP contribution in [0, 0.1) is 0 Å². The molecule has 0 amide bonds. The molecular formula is C32H18F6N2S2. The van der Waals surface area contributed by atoms with Crippen LogP contribution in [0.3, 0.4) is 0 Å². The van der Waals surface area contributed by atoms with Crippen LogP contribution in [0.25, 0.3) is 53.2 Å². The second kappa shape index (κ2) is 10.8. The van der Waals surface area contributed by atoms with Crippen LogP contribution in [0.4, 0.5) is 26.3 Å². The summed E-state index contributed by atoms with van der Waals surface area (Å²) >= 11 is 2.82. The molecule has 2 nitrogen and oxygen atoms in total. The number of hydrogen-bond donors (Lipinski definition) is 0. The first-order valence-electron chi connectivity index (χ1n) is 12.5. The molecule has 0 radical (unpaired) electrons. The molecule has 0 saturated heterocycles. The standard InChI is InChI=1S/C32H18F6N2S2/c33-31(34,35)25-13-9-23(10-14-25)29-39-17-27(41-29)21-5-1-19(2-6-21)20-3-7-22(8-4-20)28-18-40-30(42-28)24-11-15-26(16-12-24)32(36,37)38/h1-18H. The molecule has 0 atom stereocenters. The zero-order chi connectivity index (χ0) is 29.5. The minimum atomic E-state index is -4.38. The number of halogens is 6. The molecule has 0 N–H and O–H groups in total. The fraction of sp³-hybridized carbons (Fsp3) is 0.0625. The minimum Gasteiger partial charge on any atom is -0.244 e. The van der Waals surface area contributed by atoms with Crippen molar-refractivity contribution in [2.75, 3.05) is 0 Å². The Balaban J connectivity index is 1.15. The highest BCUT2D eigenvalue weighted by Crippen LogP contribution is 2.37. The highest BCUT2D eigenvalue weighted by atomic mass is 32.1. The number of aromatic nitrogens is 2. The second-order valence-corrected chi connectivity index (χ2v) is 11.4. The maximum atomic E-state index is 12.9. The number of hydrogen-bond acceptors (Lipinski definition) is 4. The van der Waals surface area contributed by atoms with Crippen molar-refractivity contribution in [3.63, 3.8) is 0 Å². The lowest BCUT2D eigenvalue weighted by Crippen LogP contribution is -2.03. The van der Waals surface area contributed by atoms with Crippen molar-refractivity contribution >= 4 is 22.7 Å². The molecule has 4 aromatic carbocycles. The Hall–Kier alpha value is -4.28. The van der Waals surface area contributed by atoms with Crippen molar-refractivity contribution in [2.45, 2.75) is 12.4 Å². The van der Waals surface area contributed by atoms with E-state index in [4.69, 9.17) is 0 Å². The normalized spacial score (nSPS) is 12.0. The Morgan fingerprint density at radius 2 is 0.667 bits per heavy atom. The van der Waals surface area contributed by atoms with Crippen molar-refractivity contribution in [3.05, 3.63) is 121 Å². The zero-order valence-electron chi connectivity index (χ0n) is 21.4. The molecule has 0 spiro atoms. The Bertz CT molecular complexity index is 1680. The van der Waals surface area contributed by atoms with Gasteiger partial charge in [0.15, 0.2) is 0 Å². The van der Waals surface area contributed by atoms with E-state index in [0.717, 1.165) is 56.3 Å². The fourth-order valence-electron chi connectivity index (χ4n) is 4.34. The maximum absolute atomic E-state index is 12.9. The highest BCUT2D eigenvalue weighted by molar-refractivity contribution is 7.18. The van der Waals surface area contributed by atoms with E-state index < -0.39 is 23.5 Å². The Morgan fingerprint density at radius 3 is 0.976 bits per heavy atom. The molecule has 6 aromatic rings. The molecule has 0 aliphatic rings. The lowest BCUT2D eigenvalue weighted by molar-refractivity contribution is -0.138. The third kappa shape index (κ3) is 5.86. The summed E-state index contributed by atoms with van der Waals surface area (Å²) < 4.78 is 77.1. The van der Waals surface area contributed by atoms with Crippen LogP contribution >= 0.6 is 22.7 Å². The van der Waals surface area contributed by atoms with Gasteiger partial charge in [0.25, 0.3) is 0 Å². The van der Waals surface area contributed by atoms with Gasteiger partial charge < -0.3 is 0 Å². The highest BCUT2D eigenvalue weighted by Gasteiger charge is 2.31. The van der Waals surface area contributed by atoms with Crippen LogP contribution in [-0.4, -0.2) is 9.97 Å². The quantitative estimate of drug-likeness (QED) is 0.182. The van der Waals surface area contributed by atoms with Gasteiger partial charge in [-0.05, 0) is 46.5 Å². The van der Waals surface area contributed by atoms with Gasteiger partial charge in [-0.15, -0.1) is 22.7 Å². The smallest absolute Gasteiger partial charge is 0.244 e. The number of benzene rings is 4. The molecule has 0 aliphatic heterocycles. The van der Waals surface area contributed by atoms with E-state index in [-0.39, 0.29) is 0 Å². The number of alkyl halides is 6. The topological polar surface area (TPSA) is 25.8 Å². The summed E-state index contributed by atoms with van der Waals surface area (Å²) in [6.45, 7) is 0. The second-order valence-electron chi connectivity index (χ2n) is 9.36. The van der Waals surface area contributed by atoms with E-state index in [1.807, 2.05) is 48.5 Å². The predicted molar refractivity (Wildman–Crippen MR) is 155 cm³/mol. The monoisotopic (exact) mass is 608 g/mol. The Kier molecular flexibility index (Phi) is 7.20. The lowest BCUT2D eigenvalue weighted by Gasteiger charge is -2.06. The summed E-state index contributed by atoms with van der Waals surface area (Å²) in [4.78, 5) is 10.6. The molecule has 10 heteroatoms. The first kappa shape index (κ1) is 27.9. The predicted octanol–water partition coefficient (Wildman–Crippen LogP) is 11.0. The van der Waals surface area contributed by atoms with Crippen molar-refractivity contribution in [3.8, 4) is 53.2 Å². The lowest BCUT2D eigenvalue weighted by atomic mass is 10.0. The summed E-state index contributed by atoms with van der Waals surface area (Å²) in [7, 11) is 0. The van der Waals surface area contributed by atoms with E-state index in [1.165, 1.54) is 46.9 Å². The molecule has 0 unspecified atom stereocenters. The number of nitrogens with zero attached hydrogens (tertiary/aromatic N) is 2. The summed E-state index contributed by atoms with van der Waals surface area (Å²) in [5.74, 6) is 0. The summed E-state index contributed by atoms with van der Waals surface area (Å²) in [6.07, 6.45) is -5.32. The van der Waals surface area contributed by atoms with Gasteiger partial charge >= 0.3 is 12.4 Å². The maximum Gasteiger partial charge on any atom is 0.416 e. The number of thiazole rings is 2. The first-order valence-corrected chi connectivity index (χ1v) is 14.2. The summed E-state index contributed by atoms with van der Waals surface area (Å²) in [5, 5.41) is 1.28. The van der Waals surface area contributed by atoms with Crippen LogP contribution in [0.15, 0.2) is 109 Å². The SMILES string of the molecule is FC(F)(F)c1ccc(-c2ncc(-c3ccc(-c4ccc(-c5cnc(-c6ccc(C(F)(F)F)cc6)s5)cc4)cc3)s2)cc1. The van der Waals surface area contributed by atoms with Gasteiger partial charge in [0.05, 0.1) is 20.9 Å². The van der Waals surface area contributed by atoms with E-state index in [9.17, 15) is 26.3 Å². The molecule has 2 aromatic heterocycles. The van der Waals surface area contributed by atoms with Crippen molar-refractivity contribution < 1.29 is 26.3 Å². The Labute approximate surface area is 244 Å². The average Bonchev–Trinajstić information content (AvgIpc) is 3.68. The van der Waals surface area contributed by atoms with Crippen molar-refractivity contribution in [2.24, 2.45) is 0 Å². The number of rotatable bonds is 5. The van der Waals surface area contributed by atoms with E-state index >= 15 is 0 Å².